The maximum atomic E-state index is 12.8. The van der Waals surface area contributed by atoms with Crippen LogP contribution in [0, 0.1) is 5.82 Å². The molecule has 0 bridgehead atoms. The molecule has 0 aliphatic heterocycles. The van der Waals surface area contributed by atoms with Crippen LogP contribution in [0.4, 0.5) is 8.78 Å². The highest BCUT2D eigenvalue weighted by Crippen LogP contribution is 2.26. The van der Waals surface area contributed by atoms with Crippen LogP contribution < -0.4 is 0 Å². The number of hydrogen-bond acceptors (Lipinski definition) is 0. The molecule has 0 unspecified atom stereocenters. The third-order valence-electron chi connectivity index (χ3n) is 1.23. The van der Waals surface area contributed by atoms with Crippen molar-refractivity contribution in [2.45, 2.75) is 0 Å². The number of benzene rings is 1. The lowest BCUT2D eigenvalue weighted by Gasteiger charge is -2.00. The van der Waals surface area contributed by atoms with Crippen molar-refractivity contribution >= 4 is 21.8 Å². The van der Waals surface area contributed by atoms with Crippen molar-refractivity contribution in [2.24, 2.45) is 0 Å². The Morgan fingerprint density at radius 1 is 1.45 bits per heavy atom. The maximum Gasteiger partial charge on any atom is 0.134 e. The molecule has 0 saturated heterocycles. The third kappa shape index (κ3) is 1.66. The summed E-state index contributed by atoms with van der Waals surface area (Å²) in [5, 5.41) is 0. The zero-order valence-electron chi connectivity index (χ0n) is 5.57. The van der Waals surface area contributed by atoms with E-state index in [1.165, 1.54) is 12.1 Å². The van der Waals surface area contributed by atoms with Crippen LogP contribution in [0.5, 0.6) is 0 Å². The summed E-state index contributed by atoms with van der Waals surface area (Å²) < 4.78 is 25.6. The van der Waals surface area contributed by atoms with Crippen molar-refractivity contribution < 1.29 is 8.78 Å². The second kappa shape index (κ2) is 3.13. The molecule has 58 valence electrons. The minimum absolute atomic E-state index is 0.104. The SMILES string of the molecule is C=C(F)c1c(F)cccc1Br. The van der Waals surface area contributed by atoms with Crippen LogP contribution in [-0.2, 0) is 0 Å². The van der Waals surface area contributed by atoms with Crippen LogP contribution in [0.1, 0.15) is 5.56 Å². The Kier molecular flexibility index (Phi) is 2.39. The Bertz CT molecular complexity index is 274. The van der Waals surface area contributed by atoms with Crippen LogP contribution in [0.15, 0.2) is 29.3 Å². The summed E-state index contributed by atoms with van der Waals surface area (Å²) in [5.74, 6) is -1.37. The maximum absolute atomic E-state index is 12.8. The van der Waals surface area contributed by atoms with E-state index in [4.69, 9.17) is 0 Å². The van der Waals surface area contributed by atoms with E-state index in [1.807, 2.05) is 0 Å². The lowest BCUT2D eigenvalue weighted by molar-refractivity contribution is 0.613. The zero-order chi connectivity index (χ0) is 8.43. The quantitative estimate of drug-likeness (QED) is 0.677. The molecule has 1 aromatic carbocycles. The molecule has 0 heterocycles. The fourth-order valence-electron chi connectivity index (χ4n) is 0.757. The van der Waals surface area contributed by atoms with Crippen LogP contribution in [0.25, 0.3) is 5.83 Å². The van der Waals surface area contributed by atoms with Crippen molar-refractivity contribution in [2.75, 3.05) is 0 Å². The summed E-state index contributed by atoms with van der Waals surface area (Å²) in [7, 11) is 0. The van der Waals surface area contributed by atoms with Gasteiger partial charge in [-0.25, -0.2) is 8.78 Å². The predicted molar refractivity (Wildman–Crippen MR) is 44.2 cm³/mol. The molecule has 0 aromatic heterocycles. The molecule has 0 atom stereocenters. The monoisotopic (exact) mass is 218 g/mol. The summed E-state index contributed by atoms with van der Waals surface area (Å²) in [5.41, 5.74) is -0.104. The van der Waals surface area contributed by atoms with E-state index in [-0.39, 0.29) is 5.56 Å². The van der Waals surface area contributed by atoms with E-state index < -0.39 is 11.6 Å². The Balaban J connectivity index is 3.32. The first kappa shape index (κ1) is 8.40. The second-order valence-corrected chi connectivity index (χ2v) is 2.86. The van der Waals surface area contributed by atoms with Gasteiger partial charge in [0, 0.05) is 4.47 Å². The van der Waals surface area contributed by atoms with Crippen LogP contribution in [-0.4, -0.2) is 0 Å². The van der Waals surface area contributed by atoms with E-state index in [9.17, 15) is 8.78 Å². The van der Waals surface area contributed by atoms with Crippen molar-refractivity contribution in [1.82, 2.24) is 0 Å². The number of halogens is 3. The molecule has 0 spiro atoms. The molecule has 11 heavy (non-hydrogen) atoms. The van der Waals surface area contributed by atoms with Gasteiger partial charge in [0.2, 0.25) is 0 Å². The van der Waals surface area contributed by atoms with E-state index >= 15 is 0 Å². The molecule has 0 fully saturated rings. The first-order chi connectivity index (χ1) is 5.13. The molecule has 1 aromatic rings. The summed E-state index contributed by atoms with van der Waals surface area (Å²) in [6.07, 6.45) is 0. The molecule has 0 nitrogen and oxygen atoms in total. The molecule has 0 saturated carbocycles. The normalized spacial score (nSPS) is 9.73. The van der Waals surface area contributed by atoms with Crippen molar-refractivity contribution in [1.29, 1.82) is 0 Å². The predicted octanol–water partition coefficient (Wildman–Crippen LogP) is 3.53. The summed E-state index contributed by atoms with van der Waals surface area (Å²) in [6.45, 7) is 3.01. The van der Waals surface area contributed by atoms with Gasteiger partial charge in [-0.05, 0) is 28.1 Å². The Morgan fingerprint density at radius 3 is 2.45 bits per heavy atom. The van der Waals surface area contributed by atoms with Gasteiger partial charge in [-0.3, -0.25) is 0 Å². The number of rotatable bonds is 1. The molecule has 0 N–H and O–H groups in total. The average molecular weight is 219 g/mol. The minimum atomic E-state index is -0.769. The van der Waals surface area contributed by atoms with Gasteiger partial charge in [0.15, 0.2) is 0 Å². The van der Waals surface area contributed by atoms with Gasteiger partial charge in [-0.1, -0.05) is 12.6 Å². The first-order valence-corrected chi connectivity index (χ1v) is 3.71. The van der Waals surface area contributed by atoms with Crippen molar-refractivity contribution in [3.05, 3.63) is 40.6 Å². The molecular weight excluding hydrogens is 214 g/mol. The second-order valence-electron chi connectivity index (χ2n) is 2.00. The third-order valence-corrected chi connectivity index (χ3v) is 1.89. The highest BCUT2D eigenvalue weighted by molar-refractivity contribution is 9.10. The summed E-state index contributed by atoms with van der Waals surface area (Å²) in [4.78, 5) is 0. The summed E-state index contributed by atoms with van der Waals surface area (Å²) >= 11 is 3.01. The molecule has 1 rings (SSSR count). The molecule has 0 aliphatic carbocycles. The standard InChI is InChI=1S/C8H5BrF2/c1-5(10)8-6(9)3-2-4-7(8)11/h2-4H,1H2. The fourth-order valence-corrected chi connectivity index (χ4v) is 1.31. The Morgan fingerprint density at radius 2 is 2.09 bits per heavy atom. The smallest absolute Gasteiger partial charge is 0.134 e. The van der Waals surface area contributed by atoms with Crippen LogP contribution in [0.2, 0.25) is 0 Å². The van der Waals surface area contributed by atoms with E-state index in [1.54, 1.807) is 6.07 Å². The van der Waals surface area contributed by atoms with Crippen LogP contribution >= 0.6 is 15.9 Å². The topological polar surface area (TPSA) is 0 Å². The average Bonchev–Trinajstić information content (AvgIpc) is 1.85. The fraction of sp³-hybridized carbons (Fsp3) is 0. The van der Waals surface area contributed by atoms with E-state index in [2.05, 4.69) is 22.5 Å². The Hall–Kier alpha value is -0.700. The van der Waals surface area contributed by atoms with Crippen molar-refractivity contribution in [3.63, 3.8) is 0 Å². The van der Waals surface area contributed by atoms with Crippen LogP contribution in [0.3, 0.4) is 0 Å². The molecule has 0 amide bonds. The van der Waals surface area contributed by atoms with Gasteiger partial charge in [0.25, 0.3) is 0 Å². The van der Waals surface area contributed by atoms with Gasteiger partial charge < -0.3 is 0 Å². The lowest BCUT2D eigenvalue weighted by Crippen LogP contribution is -1.85. The van der Waals surface area contributed by atoms with Gasteiger partial charge in [-0.2, -0.15) is 0 Å². The lowest BCUT2D eigenvalue weighted by atomic mass is 10.2. The van der Waals surface area contributed by atoms with Crippen molar-refractivity contribution in [3.8, 4) is 0 Å². The first-order valence-electron chi connectivity index (χ1n) is 2.91. The van der Waals surface area contributed by atoms with E-state index in [0.29, 0.717) is 4.47 Å². The minimum Gasteiger partial charge on any atom is -0.207 e. The van der Waals surface area contributed by atoms with E-state index in [0.717, 1.165) is 0 Å². The highest BCUT2D eigenvalue weighted by atomic mass is 79.9. The molecule has 3 heteroatoms. The molecule has 0 aliphatic rings. The van der Waals surface area contributed by atoms with Gasteiger partial charge in [0.1, 0.15) is 11.6 Å². The van der Waals surface area contributed by atoms with Gasteiger partial charge in [0.05, 0.1) is 5.56 Å². The van der Waals surface area contributed by atoms with Gasteiger partial charge in [-0.15, -0.1) is 0 Å². The number of hydrogen-bond donors (Lipinski definition) is 0. The summed E-state index contributed by atoms with van der Waals surface area (Å²) in [6, 6.07) is 4.24. The Labute approximate surface area is 71.7 Å². The molecular formula is C8H5BrF2. The van der Waals surface area contributed by atoms with Gasteiger partial charge >= 0.3 is 0 Å². The molecule has 0 radical (unpaired) electrons. The zero-order valence-corrected chi connectivity index (χ0v) is 7.16. The largest absolute Gasteiger partial charge is 0.207 e. The highest BCUT2D eigenvalue weighted by Gasteiger charge is 2.08.